The summed E-state index contributed by atoms with van der Waals surface area (Å²) in [5.74, 6) is -2.05. The van der Waals surface area contributed by atoms with Gasteiger partial charge in [-0.25, -0.2) is 9.37 Å². The van der Waals surface area contributed by atoms with Gasteiger partial charge in [0.25, 0.3) is 0 Å². The van der Waals surface area contributed by atoms with Crippen molar-refractivity contribution in [1.29, 1.82) is 0 Å². The minimum absolute atomic E-state index is 0.126. The molecule has 41 heavy (non-hydrogen) atoms. The van der Waals surface area contributed by atoms with Crippen LogP contribution in [-0.2, 0) is 4.74 Å². The average molecular weight is 566 g/mol. The molecular weight excluding hydrogens is 532 g/mol. The normalized spacial score (nSPS) is 20.0. The molecule has 2 fully saturated rings. The van der Waals surface area contributed by atoms with Gasteiger partial charge in [0.1, 0.15) is 11.5 Å². The van der Waals surface area contributed by atoms with E-state index in [2.05, 4.69) is 44.6 Å². The number of nitrogen functional groups attached to an aromatic ring is 1. The van der Waals surface area contributed by atoms with Gasteiger partial charge in [0.15, 0.2) is 17.4 Å². The summed E-state index contributed by atoms with van der Waals surface area (Å²) < 4.78 is 45.0. The Morgan fingerprint density at radius 2 is 1.78 bits per heavy atom. The number of hydrogen-bond donors (Lipinski definition) is 1. The second kappa shape index (κ2) is 11.5. The predicted molar refractivity (Wildman–Crippen MR) is 147 cm³/mol. The summed E-state index contributed by atoms with van der Waals surface area (Å²) in [5.41, 5.74) is 8.00. The molecule has 0 radical (unpaired) electrons. The van der Waals surface area contributed by atoms with Crippen LogP contribution in [0.5, 0.6) is 5.75 Å². The summed E-state index contributed by atoms with van der Waals surface area (Å²) in [7, 11) is 4.10. The Morgan fingerprint density at radius 3 is 2.54 bits per heavy atom. The van der Waals surface area contributed by atoms with Gasteiger partial charge in [-0.3, -0.25) is 4.68 Å². The van der Waals surface area contributed by atoms with Crippen LogP contribution in [0.1, 0.15) is 44.6 Å². The standard InChI is InChI=1S/C28H33F2N9O2/c1-37(2)19-3-5-21(6-4-19)41-24-8-7-23(25(29)26(24)30)39-28(34-35-36-39)22-13-17(14-32-27(22)31)18-15-33-38(16-18)20-9-11-40-12-10-20/h7-8,13-16,19-21H,3-6,9-12H2,1-2H3,(H2,31,32). The number of anilines is 1. The van der Waals surface area contributed by atoms with Gasteiger partial charge in [-0.15, -0.1) is 5.10 Å². The number of aromatic nitrogens is 7. The number of rotatable bonds is 7. The van der Waals surface area contributed by atoms with E-state index in [1.165, 1.54) is 12.1 Å². The Bertz CT molecular complexity index is 1510. The fourth-order valence-corrected chi connectivity index (χ4v) is 5.60. The Balaban J connectivity index is 1.25. The zero-order chi connectivity index (χ0) is 28.5. The third-order valence-electron chi connectivity index (χ3n) is 8.05. The van der Waals surface area contributed by atoms with Gasteiger partial charge in [-0.2, -0.15) is 14.2 Å². The summed E-state index contributed by atoms with van der Waals surface area (Å²) in [4.78, 5) is 6.51. The highest BCUT2D eigenvalue weighted by Crippen LogP contribution is 2.33. The molecule has 6 rings (SSSR count). The molecular formula is C28H33F2N9O2. The largest absolute Gasteiger partial charge is 0.487 e. The number of halogens is 2. The van der Waals surface area contributed by atoms with Crippen molar-refractivity contribution in [2.45, 2.75) is 56.7 Å². The first kappa shape index (κ1) is 27.2. The van der Waals surface area contributed by atoms with Crippen molar-refractivity contribution >= 4 is 5.82 Å². The molecule has 2 aliphatic rings. The first-order valence-corrected chi connectivity index (χ1v) is 13.9. The van der Waals surface area contributed by atoms with Gasteiger partial charge in [0.05, 0.1) is 23.9 Å². The van der Waals surface area contributed by atoms with E-state index in [0.29, 0.717) is 24.8 Å². The lowest BCUT2D eigenvalue weighted by Gasteiger charge is -2.32. The molecule has 1 saturated heterocycles. The summed E-state index contributed by atoms with van der Waals surface area (Å²) in [6.45, 7) is 1.41. The van der Waals surface area contributed by atoms with E-state index in [4.69, 9.17) is 15.2 Å². The Kier molecular flexibility index (Phi) is 7.63. The van der Waals surface area contributed by atoms with E-state index in [9.17, 15) is 0 Å². The van der Waals surface area contributed by atoms with Gasteiger partial charge in [0, 0.05) is 42.8 Å². The van der Waals surface area contributed by atoms with Crippen molar-refractivity contribution in [2.75, 3.05) is 33.0 Å². The number of ether oxygens (including phenoxy) is 2. The van der Waals surface area contributed by atoms with Crippen LogP contribution >= 0.6 is 0 Å². The third kappa shape index (κ3) is 5.51. The maximum atomic E-state index is 15.4. The Hall–Kier alpha value is -3.97. The fourth-order valence-electron chi connectivity index (χ4n) is 5.60. The monoisotopic (exact) mass is 565 g/mol. The van der Waals surface area contributed by atoms with Crippen molar-refractivity contribution in [3.05, 3.63) is 48.4 Å². The lowest BCUT2D eigenvalue weighted by molar-refractivity contribution is 0.0662. The SMILES string of the molecule is CN(C)C1CCC(Oc2ccc(-n3nnnc3-c3cc(-c4cnn(C5CCOCC5)c4)cnc3N)c(F)c2F)CC1. The molecule has 1 aromatic carbocycles. The van der Waals surface area contributed by atoms with E-state index in [-0.39, 0.29) is 35.2 Å². The van der Waals surface area contributed by atoms with Gasteiger partial charge in [-0.1, -0.05) is 0 Å². The molecule has 13 heteroatoms. The smallest absolute Gasteiger partial charge is 0.202 e. The van der Waals surface area contributed by atoms with Crippen LogP contribution in [0.4, 0.5) is 14.6 Å². The van der Waals surface area contributed by atoms with Crippen molar-refractivity contribution < 1.29 is 18.3 Å². The van der Waals surface area contributed by atoms with Gasteiger partial charge in [-0.05, 0) is 81.2 Å². The van der Waals surface area contributed by atoms with Gasteiger partial charge >= 0.3 is 0 Å². The predicted octanol–water partition coefficient (Wildman–Crippen LogP) is 4.05. The number of nitrogens with two attached hydrogens (primary N) is 1. The van der Waals surface area contributed by atoms with Crippen LogP contribution in [0.25, 0.3) is 28.2 Å². The highest BCUT2D eigenvalue weighted by atomic mass is 19.2. The molecule has 1 saturated carbocycles. The molecule has 4 aromatic rings. The van der Waals surface area contributed by atoms with E-state index in [1.807, 2.05) is 10.9 Å². The number of tetrazole rings is 1. The minimum atomic E-state index is -1.11. The number of pyridine rings is 1. The van der Waals surface area contributed by atoms with Crippen molar-refractivity contribution in [1.82, 2.24) is 39.9 Å². The molecule has 0 spiro atoms. The summed E-state index contributed by atoms with van der Waals surface area (Å²) in [6, 6.07) is 5.33. The quantitative estimate of drug-likeness (QED) is 0.354. The minimum Gasteiger partial charge on any atom is -0.487 e. The first-order chi connectivity index (χ1) is 19.9. The van der Waals surface area contributed by atoms with Crippen LogP contribution in [0.3, 0.4) is 0 Å². The van der Waals surface area contributed by atoms with E-state index >= 15 is 8.78 Å². The third-order valence-corrected chi connectivity index (χ3v) is 8.05. The molecule has 2 N–H and O–H groups in total. The van der Waals surface area contributed by atoms with Crippen LogP contribution in [0.15, 0.2) is 36.8 Å². The number of hydrogen-bond acceptors (Lipinski definition) is 9. The highest BCUT2D eigenvalue weighted by Gasteiger charge is 2.27. The molecule has 4 heterocycles. The maximum Gasteiger partial charge on any atom is 0.202 e. The zero-order valence-corrected chi connectivity index (χ0v) is 23.1. The molecule has 3 aromatic heterocycles. The second-order valence-corrected chi connectivity index (χ2v) is 10.8. The van der Waals surface area contributed by atoms with E-state index in [1.54, 1.807) is 18.5 Å². The topological polar surface area (TPSA) is 122 Å². The molecule has 1 aliphatic heterocycles. The summed E-state index contributed by atoms with van der Waals surface area (Å²) >= 11 is 0. The maximum absolute atomic E-state index is 15.4. The highest BCUT2D eigenvalue weighted by molar-refractivity contribution is 5.76. The lowest BCUT2D eigenvalue weighted by atomic mass is 9.92. The van der Waals surface area contributed by atoms with Crippen molar-refractivity contribution in [3.8, 4) is 34.0 Å². The first-order valence-electron chi connectivity index (χ1n) is 13.9. The Morgan fingerprint density at radius 1 is 1.00 bits per heavy atom. The zero-order valence-electron chi connectivity index (χ0n) is 23.1. The summed E-state index contributed by atoms with van der Waals surface area (Å²) in [5, 5.41) is 16.3. The molecule has 0 unspecified atom stereocenters. The van der Waals surface area contributed by atoms with Crippen molar-refractivity contribution in [2.24, 2.45) is 0 Å². The van der Waals surface area contributed by atoms with Crippen LogP contribution in [-0.4, -0.2) is 79.3 Å². The van der Waals surface area contributed by atoms with E-state index in [0.717, 1.165) is 54.3 Å². The number of benzene rings is 1. The van der Waals surface area contributed by atoms with Crippen molar-refractivity contribution in [3.63, 3.8) is 0 Å². The van der Waals surface area contributed by atoms with Gasteiger partial charge < -0.3 is 20.1 Å². The molecule has 0 amide bonds. The van der Waals surface area contributed by atoms with Gasteiger partial charge in [0.2, 0.25) is 5.82 Å². The fraction of sp³-hybridized carbons (Fsp3) is 0.464. The molecule has 216 valence electrons. The van der Waals surface area contributed by atoms with Crippen LogP contribution < -0.4 is 10.5 Å². The van der Waals surface area contributed by atoms with Crippen LogP contribution in [0.2, 0.25) is 0 Å². The molecule has 11 nitrogen and oxygen atoms in total. The average Bonchev–Trinajstić information content (AvgIpc) is 3.68. The molecule has 0 atom stereocenters. The molecule has 0 bridgehead atoms. The lowest BCUT2D eigenvalue weighted by Crippen LogP contribution is -2.35. The van der Waals surface area contributed by atoms with E-state index < -0.39 is 11.6 Å². The Labute approximate surface area is 236 Å². The number of nitrogens with zero attached hydrogens (tertiary/aromatic N) is 8. The molecule has 1 aliphatic carbocycles. The summed E-state index contributed by atoms with van der Waals surface area (Å²) in [6.07, 6.45) is 10.4. The van der Waals surface area contributed by atoms with Crippen LogP contribution in [0, 0.1) is 11.6 Å². The second-order valence-electron chi connectivity index (χ2n) is 10.8.